The summed E-state index contributed by atoms with van der Waals surface area (Å²) in [6, 6.07) is 9.24. The molecule has 0 bridgehead atoms. The maximum Gasteiger partial charge on any atom is 0.0505 e. The van der Waals surface area contributed by atoms with Gasteiger partial charge < -0.3 is 10.4 Å². The lowest BCUT2D eigenvalue weighted by Gasteiger charge is -2.46. The van der Waals surface area contributed by atoms with Crippen molar-refractivity contribution in [3.8, 4) is 0 Å². The average molecular weight is 261 g/mol. The highest BCUT2D eigenvalue weighted by Crippen LogP contribution is 2.49. The first-order valence-corrected chi connectivity index (χ1v) is 7.55. The highest BCUT2D eigenvalue weighted by atomic mass is 16.3. The molecule has 0 aliphatic heterocycles. The van der Waals surface area contributed by atoms with Gasteiger partial charge in [-0.3, -0.25) is 0 Å². The minimum absolute atomic E-state index is 0.0621. The van der Waals surface area contributed by atoms with Crippen molar-refractivity contribution < 1.29 is 5.11 Å². The molecule has 2 N–H and O–H groups in total. The van der Waals surface area contributed by atoms with E-state index in [1.807, 2.05) is 7.05 Å². The molecule has 2 atom stereocenters. The number of rotatable bonds is 6. The van der Waals surface area contributed by atoms with Crippen LogP contribution in [0.4, 0.5) is 0 Å². The number of benzene rings is 1. The molecule has 1 aromatic rings. The van der Waals surface area contributed by atoms with Crippen molar-refractivity contribution >= 4 is 0 Å². The molecule has 0 heterocycles. The van der Waals surface area contributed by atoms with Crippen molar-refractivity contribution in [2.75, 3.05) is 13.7 Å². The van der Waals surface area contributed by atoms with Crippen LogP contribution in [0.2, 0.25) is 0 Å². The number of hydrogen-bond donors (Lipinski definition) is 2. The van der Waals surface area contributed by atoms with Crippen molar-refractivity contribution in [1.82, 2.24) is 5.32 Å². The summed E-state index contributed by atoms with van der Waals surface area (Å²) in [4.78, 5) is 0. The molecule has 1 aliphatic carbocycles. The van der Waals surface area contributed by atoms with Crippen molar-refractivity contribution in [3.05, 3.63) is 35.4 Å². The zero-order valence-corrected chi connectivity index (χ0v) is 12.4. The minimum Gasteiger partial charge on any atom is -0.396 e. The lowest BCUT2D eigenvalue weighted by molar-refractivity contribution is 0.00782. The van der Waals surface area contributed by atoms with E-state index in [1.54, 1.807) is 0 Å². The van der Waals surface area contributed by atoms with E-state index >= 15 is 0 Å². The smallest absolute Gasteiger partial charge is 0.0505 e. The van der Waals surface area contributed by atoms with E-state index in [9.17, 15) is 5.11 Å². The van der Waals surface area contributed by atoms with Crippen LogP contribution in [-0.4, -0.2) is 18.8 Å². The molecule has 1 aromatic carbocycles. The normalized spacial score (nSPS) is 20.6. The molecular weight excluding hydrogens is 234 g/mol. The molecule has 0 radical (unpaired) electrons. The van der Waals surface area contributed by atoms with Gasteiger partial charge in [0.1, 0.15) is 0 Å². The van der Waals surface area contributed by atoms with Gasteiger partial charge in [0.25, 0.3) is 0 Å². The maximum absolute atomic E-state index is 9.74. The van der Waals surface area contributed by atoms with Crippen LogP contribution in [-0.2, 0) is 0 Å². The lowest BCUT2D eigenvalue weighted by Crippen LogP contribution is -2.44. The third-order valence-corrected chi connectivity index (χ3v) is 5.02. The van der Waals surface area contributed by atoms with E-state index in [0.29, 0.717) is 5.92 Å². The first-order chi connectivity index (χ1) is 9.16. The Balaban J connectivity index is 2.19. The number of aliphatic hydroxyl groups excluding tert-OH is 1. The topological polar surface area (TPSA) is 32.3 Å². The van der Waals surface area contributed by atoms with Gasteiger partial charge in [-0.15, -0.1) is 0 Å². The predicted molar refractivity (Wildman–Crippen MR) is 80.3 cm³/mol. The monoisotopic (exact) mass is 261 g/mol. The summed E-state index contributed by atoms with van der Waals surface area (Å²) < 4.78 is 0. The largest absolute Gasteiger partial charge is 0.396 e. The first kappa shape index (κ1) is 14.5. The van der Waals surface area contributed by atoms with E-state index < -0.39 is 0 Å². The SMILES string of the molecule is CCC(C)c1ccc(C(NC)C2(CO)CCC2)cc1. The van der Waals surface area contributed by atoms with Gasteiger partial charge in [0, 0.05) is 11.5 Å². The summed E-state index contributed by atoms with van der Waals surface area (Å²) in [5.41, 5.74) is 2.78. The van der Waals surface area contributed by atoms with Gasteiger partial charge in [0.05, 0.1) is 6.61 Å². The summed E-state index contributed by atoms with van der Waals surface area (Å²) >= 11 is 0. The molecule has 106 valence electrons. The molecule has 0 spiro atoms. The Labute approximate surface area is 117 Å². The van der Waals surface area contributed by atoms with Crippen LogP contribution in [0.5, 0.6) is 0 Å². The van der Waals surface area contributed by atoms with Crippen molar-refractivity contribution in [3.63, 3.8) is 0 Å². The van der Waals surface area contributed by atoms with Crippen LogP contribution >= 0.6 is 0 Å². The van der Waals surface area contributed by atoms with Crippen LogP contribution in [0.3, 0.4) is 0 Å². The van der Waals surface area contributed by atoms with Crippen molar-refractivity contribution in [2.24, 2.45) is 5.41 Å². The minimum atomic E-state index is 0.0621. The third kappa shape index (κ3) is 2.70. The van der Waals surface area contributed by atoms with Gasteiger partial charge >= 0.3 is 0 Å². The Kier molecular flexibility index (Phi) is 4.64. The standard InChI is InChI=1S/C17H27NO/c1-4-13(2)14-6-8-15(9-7-14)16(18-3)17(12-19)10-5-11-17/h6-9,13,16,18-19H,4-5,10-12H2,1-3H3. The van der Waals surface area contributed by atoms with Crippen LogP contribution < -0.4 is 5.32 Å². The Morgan fingerprint density at radius 2 is 1.79 bits per heavy atom. The molecule has 2 rings (SSSR count). The number of aliphatic hydroxyl groups is 1. The highest BCUT2D eigenvalue weighted by molar-refractivity contribution is 5.29. The first-order valence-electron chi connectivity index (χ1n) is 7.55. The molecule has 2 nitrogen and oxygen atoms in total. The summed E-state index contributed by atoms with van der Waals surface area (Å²) in [5.74, 6) is 0.623. The maximum atomic E-state index is 9.74. The average Bonchev–Trinajstić information content (AvgIpc) is 2.42. The van der Waals surface area contributed by atoms with Crippen LogP contribution in [0.1, 0.15) is 62.6 Å². The summed E-state index contributed by atoms with van der Waals surface area (Å²) in [6.07, 6.45) is 4.67. The van der Waals surface area contributed by atoms with E-state index in [-0.39, 0.29) is 18.1 Å². The predicted octanol–water partition coefficient (Wildman–Crippen LogP) is 3.62. The van der Waals surface area contributed by atoms with Gasteiger partial charge in [-0.2, -0.15) is 0 Å². The van der Waals surface area contributed by atoms with E-state index in [4.69, 9.17) is 0 Å². The zero-order valence-electron chi connectivity index (χ0n) is 12.4. The van der Waals surface area contributed by atoms with E-state index in [1.165, 1.54) is 24.0 Å². The highest BCUT2D eigenvalue weighted by Gasteiger charge is 2.43. The Hall–Kier alpha value is -0.860. The summed E-state index contributed by atoms with van der Waals surface area (Å²) in [5, 5.41) is 13.2. The molecule has 1 fully saturated rings. The quantitative estimate of drug-likeness (QED) is 0.819. The Morgan fingerprint density at radius 3 is 2.16 bits per heavy atom. The van der Waals surface area contributed by atoms with E-state index in [2.05, 4.69) is 43.4 Å². The Bertz CT molecular complexity index is 389. The molecule has 1 aliphatic rings. The molecule has 2 heteroatoms. The molecule has 1 saturated carbocycles. The second kappa shape index (κ2) is 6.06. The van der Waals surface area contributed by atoms with E-state index in [0.717, 1.165) is 12.8 Å². The number of hydrogen-bond acceptors (Lipinski definition) is 2. The zero-order chi connectivity index (χ0) is 13.9. The van der Waals surface area contributed by atoms with Crippen molar-refractivity contribution in [2.45, 2.75) is 51.5 Å². The lowest BCUT2D eigenvalue weighted by atomic mass is 9.63. The van der Waals surface area contributed by atoms with Gasteiger partial charge in [-0.05, 0) is 43.4 Å². The van der Waals surface area contributed by atoms with Crippen LogP contribution in [0, 0.1) is 5.41 Å². The molecular formula is C17H27NO. The fourth-order valence-corrected chi connectivity index (χ4v) is 3.25. The fraction of sp³-hybridized carbons (Fsp3) is 0.647. The van der Waals surface area contributed by atoms with Crippen LogP contribution in [0.25, 0.3) is 0 Å². The van der Waals surface area contributed by atoms with Gasteiger partial charge in [0.2, 0.25) is 0 Å². The molecule has 0 amide bonds. The van der Waals surface area contributed by atoms with Gasteiger partial charge in [0.15, 0.2) is 0 Å². The van der Waals surface area contributed by atoms with Gasteiger partial charge in [-0.25, -0.2) is 0 Å². The van der Waals surface area contributed by atoms with Crippen LogP contribution in [0.15, 0.2) is 24.3 Å². The fourth-order valence-electron chi connectivity index (χ4n) is 3.25. The summed E-state index contributed by atoms with van der Waals surface area (Å²) in [6.45, 7) is 4.78. The second-order valence-corrected chi connectivity index (χ2v) is 6.07. The van der Waals surface area contributed by atoms with Crippen molar-refractivity contribution in [1.29, 1.82) is 0 Å². The number of nitrogens with one attached hydrogen (secondary N) is 1. The molecule has 0 aromatic heterocycles. The summed E-state index contributed by atoms with van der Waals surface area (Å²) in [7, 11) is 2.00. The Morgan fingerprint density at radius 1 is 1.21 bits per heavy atom. The molecule has 2 unspecified atom stereocenters. The molecule has 19 heavy (non-hydrogen) atoms. The third-order valence-electron chi connectivity index (χ3n) is 5.02. The van der Waals surface area contributed by atoms with Gasteiger partial charge in [-0.1, -0.05) is 44.5 Å². The second-order valence-electron chi connectivity index (χ2n) is 6.07. The molecule has 0 saturated heterocycles.